The van der Waals surface area contributed by atoms with Crippen LogP contribution in [0.25, 0.3) is 0 Å². The summed E-state index contributed by atoms with van der Waals surface area (Å²) >= 11 is 0. The van der Waals surface area contributed by atoms with Gasteiger partial charge in [0.2, 0.25) is 5.91 Å². The van der Waals surface area contributed by atoms with E-state index in [0.717, 1.165) is 0 Å². The van der Waals surface area contributed by atoms with Crippen molar-refractivity contribution >= 4 is 11.9 Å². The number of rotatable bonds is 6. The van der Waals surface area contributed by atoms with Crippen LogP contribution in [0.1, 0.15) is 20.3 Å². The van der Waals surface area contributed by atoms with E-state index in [4.69, 9.17) is 5.11 Å². The molecular formula is C13H18N2O4. The van der Waals surface area contributed by atoms with Crippen LogP contribution in [0, 0.1) is 0 Å². The van der Waals surface area contributed by atoms with Crippen molar-refractivity contribution in [3.8, 4) is 0 Å². The van der Waals surface area contributed by atoms with Crippen molar-refractivity contribution in [2.24, 2.45) is 0 Å². The lowest BCUT2D eigenvalue weighted by Crippen LogP contribution is -2.41. The topological polar surface area (TPSA) is 79.6 Å². The predicted octanol–water partition coefficient (Wildman–Crippen LogP) is 0.560. The quantitative estimate of drug-likeness (QED) is 0.816. The average molecular weight is 266 g/mol. The number of hydrogen-bond donors (Lipinski definition) is 1. The number of carbonyl (C=O) groups is 2. The molecular weight excluding hydrogens is 248 g/mol. The van der Waals surface area contributed by atoms with Crippen molar-refractivity contribution in [3.05, 3.63) is 34.7 Å². The number of aromatic nitrogens is 1. The van der Waals surface area contributed by atoms with Gasteiger partial charge in [-0.05, 0) is 19.9 Å². The summed E-state index contributed by atoms with van der Waals surface area (Å²) in [5.74, 6) is -1.31. The first-order valence-corrected chi connectivity index (χ1v) is 6.08. The Bertz CT molecular complexity index is 507. The molecule has 0 radical (unpaired) electrons. The molecule has 0 bridgehead atoms. The minimum absolute atomic E-state index is 0.107. The van der Waals surface area contributed by atoms with E-state index < -0.39 is 5.97 Å². The van der Waals surface area contributed by atoms with E-state index in [1.54, 1.807) is 32.2 Å². The van der Waals surface area contributed by atoms with Crippen LogP contribution in [0.15, 0.2) is 29.2 Å². The van der Waals surface area contributed by atoms with Gasteiger partial charge in [-0.1, -0.05) is 6.07 Å². The molecule has 0 aliphatic rings. The molecule has 0 fully saturated rings. The molecule has 1 rings (SSSR count). The fraction of sp³-hybridized carbons (Fsp3) is 0.462. The van der Waals surface area contributed by atoms with Gasteiger partial charge in [0.05, 0.1) is 0 Å². The fourth-order valence-electron chi connectivity index (χ4n) is 1.71. The number of hydrogen-bond acceptors (Lipinski definition) is 3. The second-order valence-corrected chi connectivity index (χ2v) is 4.49. The molecule has 19 heavy (non-hydrogen) atoms. The largest absolute Gasteiger partial charge is 0.480 e. The Kier molecular flexibility index (Phi) is 5.29. The number of nitrogens with zero attached hydrogens (tertiary/aromatic N) is 2. The van der Waals surface area contributed by atoms with Crippen molar-refractivity contribution in [2.75, 3.05) is 6.54 Å². The van der Waals surface area contributed by atoms with Crippen molar-refractivity contribution < 1.29 is 14.7 Å². The highest BCUT2D eigenvalue weighted by Gasteiger charge is 2.19. The van der Waals surface area contributed by atoms with E-state index in [0.29, 0.717) is 0 Å². The van der Waals surface area contributed by atoms with Crippen LogP contribution in [-0.2, 0) is 16.1 Å². The third-order valence-electron chi connectivity index (χ3n) is 2.71. The first-order valence-electron chi connectivity index (χ1n) is 6.08. The normalized spacial score (nSPS) is 10.5. The summed E-state index contributed by atoms with van der Waals surface area (Å²) in [6, 6.07) is 4.58. The van der Waals surface area contributed by atoms with E-state index >= 15 is 0 Å². The molecule has 1 amide bonds. The summed E-state index contributed by atoms with van der Waals surface area (Å²) in [6.45, 7) is 3.45. The Balaban J connectivity index is 2.65. The zero-order chi connectivity index (χ0) is 14.4. The van der Waals surface area contributed by atoms with Gasteiger partial charge in [-0.3, -0.25) is 14.4 Å². The van der Waals surface area contributed by atoms with Gasteiger partial charge in [-0.25, -0.2) is 0 Å². The first-order chi connectivity index (χ1) is 8.91. The summed E-state index contributed by atoms with van der Waals surface area (Å²) in [4.78, 5) is 35.4. The van der Waals surface area contributed by atoms with Crippen LogP contribution >= 0.6 is 0 Å². The minimum Gasteiger partial charge on any atom is -0.480 e. The van der Waals surface area contributed by atoms with Crippen LogP contribution in [-0.4, -0.2) is 39.0 Å². The third kappa shape index (κ3) is 4.57. The zero-order valence-electron chi connectivity index (χ0n) is 11.1. The molecule has 0 aliphatic carbocycles. The van der Waals surface area contributed by atoms with E-state index in [2.05, 4.69) is 0 Å². The van der Waals surface area contributed by atoms with Gasteiger partial charge in [0.15, 0.2) is 0 Å². The van der Waals surface area contributed by atoms with Crippen LogP contribution in [0.4, 0.5) is 0 Å². The lowest BCUT2D eigenvalue weighted by atomic mass is 10.2. The van der Waals surface area contributed by atoms with Gasteiger partial charge in [0.25, 0.3) is 5.56 Å². The van der Waals surface area contributed by atoms with Gasteiger partial charge >= 0.3 is 5.97 Å². The molecule has 1 N–H and O–H groups in total. The van der Waals surface area contributed by atoms with E-state index in [1.807, 2.05) is 0 Å². The SMILES string of the molecule is CC(C)N(CC(=O)O)C(=O)CCn1ccccc1=O. The Morgan fingerprint density at radius 2 is 2.05 bits per heavy atom. The number of carboxylic acid groups (broad SMARTS) is 1. The van der Waals surface area contributed by atoms with Crippen molar-refractivity contribution in [1.82, 2.24) is 9.47 Å². The molecule has 1 aromatic rings. The molecule has 6 heteroatoms. The van der Waals surface area contributed by atoms with Gasteiger partial charge in [-0.2, -0.15) is 0 Å². The van der Waals surface area contributed by atoms with E-state index in [-0.39, 0.29) is 37.0 Å². The molecule has 0 atom stereocenters. The summed E-state index contributed by atoms with van der Waals surface area (Å²) in [6.07, 6.45) is 1.71. The number of carboxylic acids is 1. The molecule has 0 aromatic carbocycles. The summed E-state index contributed by atoms with van der Waals surface area (Å²) in [7, 11) is 0. The predicted molar refractivity (Wildman–Crippen MR) is 69.8 cm³/mol. The lowest BCUT2D eigenvalue weighted by Gasteiger charge is -2.25. The number of aryl methyl sites for hydroxylation is 1. The highest BCUT2D eigenvalue weighted by Crippen LogP contribution is 2.02. The number of pyridine rings is 1. The molecule has 0 aliphatic heterocycles. The van der Waals surface area contributed by atoms with Crippen molar-refractivity contribution in [3.63, 3.8) is 0 Å². The molecule has 0 saturated heterocycles. The van der Waals surface area contributed by atoms with Crippen LogP contribution in [0.5, 0.6) is 0 Å². The number of amides is 1. The molecule has 0 saturated carbocycles. The minimum atomic E-state index is -1.04. The maximum absolute atomic E-state index is 12.0. The van der Waals surface area contributed by atoms with Gasteiger partial charge in [-0.15, -0.1) is 0 Å². The maximum atomic E-state index is 12.0. The zero-order valence-corrected chi connectivity index (χ0v) is 11.1. The Hall–Kier alpha value is -2.11. The van der Waals surface area contributed by atoms with Crippen molar-refractivity contribution in [2.45, 2.75) is 32.9 Å². The molecule has 1 aromatic heterocycles. The first kappa shape index (κ1) is 14.9. The van der Waals surface area contributed by atoms with Crippen molar-refractivity contribution in [1.29, 1.82) is 0 Å². The summed E-state index contributed by atoms with van der Waals surface area (Å²) in [5, 5.41) is 8.76. The third-order valence-corrected chi connectivity index (χ3v) is 2.71. The lowest BCUT2D eigenvalue weighted by molar-refractivity contribution is -0.145. The highest BCUT2D eigenvalue weighted by atomic mass is 16.4. The number of aliphatic carboxylic acids is 1. The van der Waals surface area contributed by atoms with Crippen LogP contribution in [0.2, 0.25) is 0 Å². The van der Waals surface area contributed by atoms with E-state index in [9.17, 15) is 14.4 Å². The van der Waals surface area contributed by atoms with Gasteiger partial charge in [0, 0.05) is 31.3 Å². The van der Waals surface area contributed by atoms with Gasteiger partial charge < -0.3 is 14.6 Å². The Morgan fingerprint density at radius 1 is 1.37 bits per heavy atom. The standard InChI is InChI=1S/C13H18N2O4/c1-10(2)15(9-13(18)19)12(17)6-8-14-7-4-3-5-11(14)16/h3-5,7,10H,6,8-9H2,1-2H3,(H,18,19). The Morgan fingerprint density at radius 3 is 2.58 bits per heavy atom. The second-order valence-electron chi connectivity index (χ2n) is 4.49. The highest BCUT2D eigenvalue weighted by molar-refractivity contribution is 5.81. The summed E-state index contributed by atoms with van der Waals surface area (Å²) < 4.78 is 1.43. The second kappa shape index (κ2) is 6.72. The molecule has 0 unspecified atom stereocenters. The van der Waals surface area contributed by atoms with Crippen LogP contribution in [0.3, 0.4) is 0 Å². The number of carbonyl (C=O) groups excluding carboxylic acids is 1. The van der Waals surface area contributed by atoms with Crippen LogP contribution < -0.4 is 5.56 Å². The fourth-order valence-corrected chi connectivity index (χ4v) is 1.71. The van der Waals surface area contributed by atoms with Gasteiger partial charge in [0.1, 0.15) is 6.54 Å². The monoisotopic (exact) mass is 266 g/mol. The Labute approximate surface area is 111 Å². The smallest absolute Gasteiger partial charge is 0.323 e. The van der Waals surface area contributed by atoms with E-state index in [1.165, 1.54) is 15.5 Å². The molecule has 0 spiro atoms. The average Bonchev–Trinajstić information content (AvgIpc) is 2.34. The molecule has 1 heterocycles. The maximum Gasteiger partial charge on any atom is 0.323 e. The molecule has 6 nitrogen and oxygen atoms in total. The summed E-state index contributed by atoms with van der Waals surface area (Å²) in [5.41, 5.74) is -0.176. The molecule has 104 valence electrons.